The van der Waals surface area contributed by atoms with Gasteiger partial charge in [-0.2, -0.15) is 0 Å². The Morgan fingerprint density at radius 3 is 2.67 bits per heavy atom. The number of fused-ring (bicyclic) bond motifs is 1. The number of nitrogens with one attached hydrogen (secondary N) is 1. The van der Waals surface area contributed by atoms with Gasteiger partial charge in [0.1, 0.15) is 11.4 Å². The van der Waals surface area contributed by atoms with Crippen molar-refractivity contribution in [2.75, 3.05) is 6.54 Å². The van der Waals surface area contributed by atoms with Crippen LogP contribution in [0.3, 0.4) is 0 Å². The molecule has 0 saturated heterocycles. The zero-order valence-corrected chi connectivity index (χ0v) is 12.1. The molecule has 1 amide bonds. The Bertz CT molecular complexity index is 704. The predicted molar refractivity (Wildman–Crippen MR) is 78.8 cm³/mol. The van der Waals surface area contributed by atoms with E-state index >= 15 is 0 Å². The molecule has 0 radical (unpaired) electrons. The molecule has 1 aromatic carbocycles. The van der Waals surface area contributed by atoms with Gasteiger partial charge in [-0.15, -0.1) is 0 Å². The summed E-state index contributed by atoms with van der Waals surface area (Å²) >= 11 is 0. The lowest BCUT2D eigenvalue weighted by Gasteiger charge is -2.12. The Labute approximate surface area is 122 Å². The number of hydrogen-bond donors (Lipinski definition) is 1. The first-order valence-electron chi connectivity index (χ1n) is 7.06. The summed E-state index contributed by atoms with van der Waals surface area (Å²) < 4.78 is 18.5. The minimum absolute atomic E-state index is 0.0509. The van der Waals surface area contributed by atoms with Crippen molar-refractivity contribution < 1.29 is 13.6 Å². The summed E-state index contributed by atoms with van der Waals surface area (Å²) in [4.78, 5) is 23.9. The van der Waals surface area contributed by atoms with Crippen LogP contribution in [0.1, 0.15) is 37.2 Å². The van der Waals surface area contributed by atoms with Gasteiger partial charge < -0.3 is 9.73 Å². The molecule has 0 atom stereocenters. The molecular formula is C16H18FNO3. The van der Waals surface area contributed by atoms with E-state index in [0.717, 1.165) is 25.0 Å². The maximum atomic E-state index is 13.1. The number of amides is 1. The number of benzene rings is 1. The van der Waals surface area contributed by atoms with E-state index in [1.54, 1.807) is 0 Å². The average Bonchev–Trinajstić information content (AvgIpc) is 2.48. The van der Waals surface area contributed by atoms with E-state index in [1.807, 2.05) is 0 Å². The van der Waals surface area contributed by atoms with Gasteiger partial charge in [-0.1, -0.05) is 26.7 Å². The average molecular weight is 291 g/mol. The van der Waals surface area contributed by atoms with E-state index in [-0.39, 0.29) is 16.7 Å². The smallest absolute Gasteiger partial charge is 0.287 e. The summed E-state index contributed by atoms with van der Waals surface area (Å²) in [5.74, 6) is -0.591. The van der Waals surface area contributed by atoms with Crippen LogP contribution in [0.2, 0.25) is 0 Å². The SMILES string of the molecule is CCC(CC)CNC(=O)c1cc(=O)c2cc(F)ccc2o1. The third-order valence-corrected chi connectivity index (χ3v) is 3.62. The van der Waals surface area contributed by atoms with Crippen molar-refractivity contribution in [3.05, 3.63) is 46.1 Å². The molecule has 1 N–H and O–H groups in total. The molecule has 0 bridgehead atoms. The third kappa shape index (κ3) is 3.48. The molecule has 112 valence electrons. The molecule has 0 aliphatic carbocycles. The third-order valence-electron chi connectivity index (χ3n) is 3.62. The molecule has 0 unspecified atom stereocenters. The maximum absolute atomic E-state index is 13.1. The molecule has 1 heterocycles. The summed E-state index contributed by atoms with van der Waals surface area (Å²) in [6.07, 6.45) is 1.94. The predicted octanol–water partition coefficient (Wildman–Crippen LogP) is 3.10. The van der Waals surface area contributed by atoms with Crippen molar-refractivity contribution in [3.63, 3.8) is 0 Å². The van der Waals surface area contributed by atoms with Crippen molar-refractivity contribution in [2.45, 2.75) is 26.7 Å². The molecule has 21 heavy (non-hydrogen) atoms. The molecule has 2 rings (SSSR count). The highest BCUT2D eigenvalue weighted by atomic mass is 19.1. The van der Waals surface area contributed by atoms with Gasteiger partial charge in [0.2, 0.25) is 0 Å². The normalized spacial score (nSPS) is 11.0. The Balaban J connectivity index is 2.24. The van der Waals surface area contributed by atoms with Crippen molar-refractivity contribution >= 4 is 16.9 Å². The molecule has 5 heteroatoms. The first kappa shape index (κ1) is 15.2. The van der Waals surface area contributed by atoms with E-state index in [1.165, 1.54) is 12.1 Å². The van der Waals surface area contributed by atoms with E-state index in [2.05, 4.69) is 19.2 Å². The first-order valence-corrected chi connectivity index (χ1v) is 7.06. The van der Waals surface area contributed by atoms with Crippen molar-refractivity contribution in [1.82, 2.24) is 5.32 Å². The van der Waals surface area contributed by atoms with Gasteiger partial charge in [0, 0.05) is 12.6 Å². The van der Waals surface area contributed by atoms with Gasteiger partial charge in [0.15, 0.2) is 11.2 Å². The molecule has 4 nitrogen and oxygen atoms in total. The highest BCUT2D eigenvalue weighted by Gasteiger charge is 2.14. The van der Waals surface area contributed by atoms with E-state index in [9.17, 15) is 14.0 Å². The fraction of sp³-hybridized carbons (Fsp3) is 0.375. The lowest BCUT2D eigenvalue weighted by molar-refractivity contribution is 0.0919. The fourth-order valence-electron chi connectivity index (χ4n) is 2.14. The summed E-state index contributed by atoms with van der Waals surface area (Å²) in [5, 5.41) is 2.89. The molecule has 0 saturated carbocycles. The second kappa shape index (κ2) is 6.52. The van der Waals surface area contributed by atoms with Gasteiger partial charge in [-0.25, -0.2) is 4.39 Å². The van der Waals surface area contributed by atoms with Crippen LogP contribution in [0, 0.1) is 11.7 Å². The Kier molecular flexibility index (Phi) is 4.73. The topological polar surface area (TPSA) is 59.3 Å². The van der Waals surface area contributed by atoms with Gasteiger partial charge in [-0.3, -0.25) is 9.59 Å². The number of carbonyl (C=O) groups excluding carboxylic acids is 1. The van der Waals surface area contributed by atoms with Crippen LogP contribution in [0.5, 0.6) is 0 Å². The Hall–Kier alpha value is -2.17. The monoisotopic (exact) mass is 291 g/mol. The summed E-state index contributed by atoms with van der Waals surface area (Å²) in [6.45, 7) is 4.66. The molecule has 2 aromatic rings. The van der Waals surface area contributed by atoms with Crippen LogP contribution in [-0.4, -0.2) is 12.5 Å². The van der Waals surface area contributed by atoms with Gasteiger partial charge in [0.25, 0.3) is 5.91 Å². The van der Waals surface area contributed by atoms with Gasteiger partial charge >= 0.3 is 0 Å². The summed E-state index contributed by atoms with van der Waals surface area (Å²) in [6, 6.07) is 4.75. The number of halogens is 1. The zero-order valence-electron chi connectivity index (χ0n) is 12.1. The van der Waals surface area contributed by atoms with Gasteiger partial charge in [-0.05, 0) is 24.1 Å². The van der Waals surface area contributed by atoms with Crippen molar-refractivity contribution in [2.24, 2.45) is 5.92 Å². The quantitative estimate of drug-likeness (QED) is 0.921. The number of rotatable bonds is 5. The minimum Gasteiger partial charge on any atom is -0.451 e. The highest BCUT2D eigenvalue weighted by molar-refractivity contribution is 5.93. The molecule has 0 fully saturated rings. The summed E-state index contributed by atoms with van der Waals surface area (Å²) in [5.41, 5.74) is -0.222. The van der Waals surface area contributed by atoms with Crippen LogP contribution in [0.15, 0.2) is 33.5 Å². The van der Waals surface area contributed by atoms with E-state index in [0.29, 0.717) is 12.5 Å². The standard InChI is InChI=1S/C16H18FNO3/c1-3-10(4-2)9-18-16(20)15-8-13(19)12-7-11(17)5-6-14(12)21-15/h5-8,10H,3-4,9H2,1-2H3,(H,18,20). The van der Waals surface area contributed by atoms with Crippen molar-refractivity contribution in [3.8, 4) is 0 Å². The zero-order chi connectivity index (χ0) is 15.4. The van der Waals surface area contributed by atoms with Crippen LogP contribution in [-0.2, 0) is 0 Å². The highest BCUT2D eigenvalue weighted by Crippen LogP contribution is 2.14. The van der Waals surface area contributed by atoms with E-state index in [4.69, 9.17) is 4.42 Å². The largest absolute Gasteiger partial charge is 0.451 e. The molecule has 0 spiro atoms. The van der Waals surface area contributed by atoms with Crippen LogP contribution >= 0.6 is 0 Å². The second-order valence-electron chi connectivity index (χ2n) is 5.01. The number of hydrogen-bond acceptors (Lipinski definition) is 3. The lowest BCUT2D eigenvalue weighted by Crippen LogP contribution is -2.29. The van der Waals surface area contributed by atoms with E-state index < -0.39 is 17.2 Å². The van der Waals surface area contributed by atoms with Crippen molar-refractivity contribution in [1.29, 1.82) is 0 Å². The molecular weight excluding hydrogens is 273 g/mol. The number of carbonyl (C=O) groups is 1. The van der Waals surface area contributed by atoms with Gasteiger partial charge in [0.05, 0.1) is 5.39 Å². The lowest BCUT2D eigenvalue weighted by atomic mass is 10.0. The molecule has 1 aromatic heterocycles. The second-order valence-corrected chi connectivity index (χ2v) is 5.01. The first-order chi connectivity index (χ1) is 10.0. The van der Waals surface area contributed by atoms with Crippen LogP contribution in [0.4, 0.5) is 4.39 Å². The van der Waals surface area contributed by atoms with Crippen LogP contribution < -0.4 is 10.7 Å². The fourth-order valence-corrected chi connectivity index (χ4v) is 2.14. The minimum atomic E-state index is -0.513. The molecule has 0 aliphatic heterocycles. The van der Waals surface area contributed by atoms with Crippen LogP contribution in [0.25, 0.3) is 11.0 Å². The maximum Gasteiger partial charge on any atom is 0.287 e. The Morgan fingerprint density at radius 1 is 1.29 bits per heavy atom. The summed E-state index contributed by atoms with van der Waals surface area (Å²) in [7, 11) is 0. The Morgan fingerprint density at radius 2 is 2.00 bits per heavy atom. The molecule has 0 aliphatic rings.